The molecule has 2 aromatic carbocycles. The monoisotopic (exact) mass is 598 g/mol. The molecule has 0 radical (unpaired) electrons. The largest absolute Gasteiger partial charge is 0.205 e. The average Bonchev–Trinajstić information content (AvgIpc) is 2.70. The van der Waals surface area contributed by atoms with E-state index >= 15 is 0 Å². The Morgan fingerprint density at radius 3 is 1.29 bits per heavy atom. The van der Waals surface area contributed by atoms with Crippen LogP contribution < -0.4 is 9.13 Å². The summed E-state index contributed by atoms with van der Waals surface area (Å²) < 4.78 is 4.64. The van der Waals surface area contributed by atoms with E-state index in [1.807, 2.05) is 0 Å². The molecule has 2 nitrogen and oxygen atoms in total. The molecule has 0 amide bonds. The smallest absolute Gasteiger partial charge is 0.176 e. The van der Waals surface area contributed by atoms with Crippen molar-refractivity contribution >= 4 is 69.5 Å². The number of hydrogen-bond donors (Lipinski definition) is 0. The summed E-state index contributed by atoms with van der Waals surface area (Å²) in [4.78, 5) is 0. The Hall–Kier alpha value is -1.28. The van der Waals surface area contributed by atoms with E-state index in [4.69, 9.17) is 0 Å². The van der Waals surface area contributed by atoms with Crippen LogP contribution >= 0.6 is 48.0 Å². The standard InChI is InChI=1S/C24H26N2.2HI/c1(7-15-25-17-13-21-9-3-5-11-23(21)19-25)2-8-16-26-18-14-22-10-4-6-12-24(22)20-26;;/h3-6,9-14,17-20H,1-2,7-8,15-16H2;2*1H/q+2;;. The van der Waals surface area contributed by atoms with E-state index < -0.39 is 0 Å². The van der Waals surface area contributed by atoms with Crippen molar-refractivity contribution in [2.24, 2.45) is 0 Å². The number of fused-ring (bicyclic) bond motifs is 2. The molecule has 146 valence electrons. The van der Waals surface area contributed by atoms with E-state index in [9.17, 15) is 0 Å². The minimum Gasteiger partial charge on any atom is -0.205 e. The molecule has 0 spiro atoms. The lowest BCUT2D eigenvalue weighted by Crippen LogP contribution is -2.33. The number of aromatic nitrogens is 2. The van der Waals surface area contributed by atoms with Crippen LogP contribution in [0.4, 0.5) is 0 Å². The van der Waals surface area contributed by atoms with Gasteiger partial charge in [-0.2, -0.15) is 0 Å². The third-order valence-corrected chi connectivity index (χ3v) is 5.08. The summed E-state index contributed by atoms with van der Waals surface area (Å²) in [6.07, 6.45) is 14.0. The molecule has 0 unspecified atom stereocenters. The van der Waals surface area contributed by atoms with Crippen LogP contribution in [-0.2, 0) is 13.1 Å². The Kier molecular flexibility index (Phi) is 9.58. The summed E-state index contributed by atoms with van der Waals surface area (Å²) in [6.45, 7) is 2.21. The summed E-state index contributed by atoms with van der Waals surface area (Å²) >= 11 is 0. The maximum atomic E-state index is 2.32. The molecule has 0 atom stereocenters. The highest BCUT2D eigenvalue weighted by Crippen LogP contribution is 2.11. The van der Waals surface area contributed by atoms with Crippen molar-refractivity contribution in [3.8, 4) is 0 Å². The maximum absolute atomic E-state index is 2.32. The van der Waals surface area contributed by atoms with Crippen molar-refractivity contribution in [3.05, 3.63) is 85.5 Å². The number of pyridine rings is 2. The fourth-order valence-corrected chi connectivity index (χ4v) is 3.58. The molecule has 4 rings (SSSR count). The van der Waals surface area contributed by atoms with Crippen LogP contribution in [0.25, 0.3) is 21.5 Å². The summed E-state index contributed by atoms with van der Waals surface area (Å²) in [5.41, 5.74) is 0. The first kappa shape index (κ1) is 23.0. The van der Waals surface area contributed by atoms with Crippen molar-refractivity contribution in [3.63, 3.8) is 0 Å². The molecule has 0 fully saturated rings. The summed E-state index contributed by atoms with van der Waals surface area (Å²) in [6, 6.07) is 21.6. The van der Waals surface area contributed by atoms with E-state index in [1.165, 1.54) is 47.2 Å². The number of unbranched alkanes of at least 4 members (excludes halogenated alkanes) is 3. The zero-order valence-corrected chi connectivity index (χ0v) is 20.7. The van der Waals surface area contributed by atoms with E-state index in [0.717, 1.165) is 13.1 Å². The van der Waals surface area contributed by atoms with Crippen LogP contribution in [0.1, 0.15) is 25.7 Å². The molecule has 0 aliphatic rings. The molecule has 4 aromatic rings. The molecular weight excluding hydrogens is 570 g/mol. The van der Waals surface area contributed by atoms with Gasteiger partial charge in [-0.25, -0.2) is 9.13 Å². The van der Waals surface area contributed by atoms with Gasteiger partial charge in [-0.1, -0.05) is 36.4 Å². The normalized spacial score (nSPS) is 10.4. The van der Waals surface area contributed by atoms with Gasteiger partial charge in [0.25, 0.3) is 0 Å². The molecule has 0 saturated heterocycles. The van der Waals surface area contributed by atoms with Gasteiger partial charge < -0.3 is 0 Å². The number of benzene rings is 2. The summed E-state index contributed by atoms with van der Waals surface area (Å²) in [7, 11) is 0. The Morgan fingerprint density at radius 1 is 0.464 bits per heavy atom. The Morgan fingerprint density at radius 2 is 0.857 bits per heavy atom. The molecule has 0 aliphatic carbocycles. The summed E-state index contributed by atoms with van der Waals surface area (Å²) in [5.74, 6) is 0. The van der Waals surface area contributed by atoms with E-state index in [1.54, 1.807) is 0 Å². The number of hydrogen-bond acceptors (Lipinski definition) is 0. The zero-order chi connectivity index (χ0) is 17.6. The van der Waals surface area contributed by atoms with E-state index in [2.05, 4.69) is 94.6 Å². The van der Waals surface area contributed by atoms with Crippen LogP contribution in [0.2, 0.25) is 0 Å². The van der Waals surface area contributed by atoms with Gasteiger partial charge in [-0.05, 0) is 35.7 Å². The minimum atomic E-state index is 0. The van der Waals surface area contributed by atoms with Crippen LogP contribution in [0.5, 0.6) is 0 Å². The van der Waals surface area contributed by atoms with Gasteiger partial charge in [0.2, 0.25) is 0 Å². The van der Waals surface area contributed by atoms with Crippen molar-refractivity contribution in [2.75, 3.05) is 0 Å². The Balaban J connectivity index is 0.00000140. The number of aryl methyl sites for hydroxylation is 2. The average molecular weight is 598 g/mol. The highest BCUT2D eigenvalue weighted by Gasteiger charge is 2.05. The molecular formula is C24H28I2N2+2. The van der Waals surface area contributed by atoms with Gasteiger partial charge in [-0.15, -0.1) is 48.0 Å². The van der Waals surface area contributed by atoms with Gasteiger partial charge in [0.15, 0.2) is 24.8 Å². The Labute approximate surface area is 201 Å². The maximum Gasteiger partial charge on any atom is 0.176 e. The number of halogens is 2. The Bertz CT molecular complexity index is 934. The lowest BCUT2D eigenvalue weighted by molar-refractivity contribution is -0.697. The van der Waals surface area contributed by atoms with Crippen LogP contribution in [0.3, 0.4) is 0 Å². The first-order valence-electron chi connectivity index (χ1n) is 9.64. The fraction of sp³-hybridized carbons (Fsp3) is 0.250. The minimum absolute atomic E-state index is 0. The lowest BCUT2D eigenvalue weighted by atomic mass is 10.1. The predicted molar refractivity (Wildman–Crippen MR) is 138 cm³/mol. The molecule has 0 N–H and O–H groups in total. The van der Waals surface area contributed by atoms with Crippen molar-refractivity contribution in [2.45, 2.75) is 38.8 Å². The van der Waals surface area contributed by atoms with Crippen LogP contribution in [-0.4, -0.2) is 0 Å². The first-order valence-corrected chi connectivity index (χ1v) is 9.64. The van der Waals surface area contributed by atoms with Crippen molar-refractivity contribution < 1.29 is 9.13 Å². The SMILES string of the molecule is I.I.c1ccc2c[n+](CCCCCC[n+]3ccc4ccccc4c3)ccc2c1. The molecule has 0 aliphatic heterocycles. The molecule has 28 heavy (non-hydrogen) atoms. The first-order chi connectivity index (χ1) is 12.9. The van der Waals surface area contributed by atoms with E-state index in [-0.39, 0.29) is 48.0 Å². The van der Waals surface area contributed by atoms with Crippen LogP contribution in [0, 0.1) is 0 Å². The highest BCUT2D eigenvalue weighted by molar-refractivity contribution is 14.0. The second-order valence-electron chi connectivity index (χ2n) is 7.04. The van der Waals surface area contributed by atoms with Crippen molar-refractivity contribution in [1.82, 2.24) is 0 Å². The second kappa shape index (κ2) is 11.7. The number of nitrogens with zero attached hydrogens (tertiary/aromatic N) is 2. The molecule has 0 bridgehead atoms. The quantitative estimate of drug-likeness (QED) is 0.139. The van der Waals surface area contributed by atoms with Crippen molar-refractivity contribution in [1.29, 1.82) is 0 Å². The number of rotatable bonds is 7. The lowest BCUT2D eigenvalue weighted by Gasteiger charge is -2.01. The molecule has 0 saturated carbocycles. The molecule has 2 heterocycles. The third-order valence-electron chi connectivity index (χ3n) is 5.08. The topological polar surface area (TPSA) is 7.76 Å². The highest BCUT2D eigenvalue weighted by atomic mass is 127. The van der Waals surface area contributed by atoms with E-state index in [0.29, 0.717) is 0 Å². The van der Waals surface area contributed by atoms with Gasteiger partial charge in [0.05, 0.1) is 0 Å². The van der Waals surface area contributed by atoms with Gasteiger partial charge in [0.1, 0.15) is 13.1 Å². The predicted octanol–water partition coefficient (Wildman–Crippen LogP) is 6.06. The molecule has 2 aromatic heterocycles. The fourth-order valence-electron chi connectivity index (χ4n) is 3.58. The van der Waals surface area contributed by atoms with Gasteiger partial charge in [0, 0.05) is 35.7 Å². The van der Waals surface area contributed by atoms with Gasteiger partial charge >= 0.3 is 0 Å². The molecule has 4 heteroatoms. The second-order valence-corrected chi connectivity index (χ2v) is 7.04. The van der Waals surface area contributed by atoms with Gasteiger partial charge in [-0.3, -0.25) is 0 Å². The van der Waals surface area contributed by atoms with Crippen LogP contribution in [0.15, 0.2) is 85.5 Å². The zero-order valence-electron chi connectivity index (χ0n) is 16.0. The third kappa shape index (κ3) is 6.11. The summed E-state index contributed by atoms with van der Waals surface area (Å²) in [5, 5.41) is 5.28.